The fraction of sp³-hybridized carbons (Fsp3) is 0.538. The maximum absolute atomic E-state index is 5.89. The van der Waals surface area contributed by atoms with Crippen LogP contribution in [0.25, 0.3) is 0 Å². The summed E-state index contributed by atoms with van der Waals surface area (Å²) in [6.07, 6.45) is 2.65. The molecule has 2 rings (SSSR count). The van der Waals surface area contributed by atoms with Crippen molar-refractivity contribution in [3.63, 3.8) is 0 Å². The molecule has 1 aromatic carbocycles. The lowest BCUT2D eigenvalue weighted by Gasteiger charge is -2.16. The van der Waals surface area contributed by atoms with Gasteiger partial charge in [0.1, 0.15) is 5.75 Å². The molecule has 16 heavy (non-hydrogen) atoms. The summed E-state index contributed by atoms with van der Waals surface area (Å²) in [6.45, 7) is 3.01. The number of hydrogen-bond acceptors (Lipinski definition) is 2. The first kappa shape index (κ1) is 11.9. The highest BCUT2D eigenvalue weighted by Crippen LogP contribution is 2.33. The first-order valence-electron chi connectivity index (χ1n) is 5.80. The first-order valence-corrected chi connectivity index (χ1v) is 6.59. The molecule has 1 atom stereocenters. The van der Waals surface area contributed by atoms with Gasteiger partial charge in [-0.15, -0.1) is 0 Å². The Hall–Kier alpha value is -0.540. The van der Waals surface area contributed by atoms with Crippen molar-refractivity contribution in [2.45, 2.75) is 25.8 Å². The van der Waals surface area contributed by atoms with Crippen LogP contribution in [0.2, 0.25) is 0 Å². The smallest absolute Gasteiger partial charge is 0.125 e. The van der Waals surface area contributed by atoms with Gasteiger partial charge in [0.05, 0.1) is 6.61 Å². The minimum absolute atomic E-state index is 0.322. The second-order valence-electron chi connectivity index (χ2n) is 4.45. The van der Waals surface area contributed by atoms with Crippen molar-refractivity contribution >= 4 is 15.9 Å². The van der Waals surface area contributed by atoms with Gasteiger partial charge in [0.15, 0.2) is 0 Å². The maximum atomic E-state index is 5.89. The van der Waals surface area contributed by atoms with Crippen LogP contribution in [0, 0.1) is 5.92 Å². The summed E-state index contributed by atoms with van der Waals surface area (Å²) in [7, 11) is 1.97. The average Bonchev–Trinajstić information content (AvgIpc) is 3.09. The van der Waals surface area contributed by atoms with E-state index in [1.165, 1.54) is 18.4 Å². The molecule has 1 N–H and O–H groups in total. The Balaban J connectivity index is 2.13. The van der Waals surface area contributed by atoms with Gasteiger partial charge in [-0.05, 0) is 44.9 Å². The van der Waals surface area contributed by atoms with Crippen molar-refractivity contribution < 1.29 is 4.74 Å². The van der Waals surface area contributed by atoms with E-state index in [0.29, 0.717) is 6.04 Å². The van der Waals surface area contributed by atoms with Crippen LogP contribution >= 0.6 is 15.9 Å². The van der Waals surface area contributed by atoms with Gasteiger partial charge in [0, 0.05) is 16.1 Å². The van der Waals surface area contributed by atoms with Crippen LogP contribution in [-0.4, -0.2) is 13.7 Å². The number of rotatable bonds is 5. The lowest BCUT2D eigenvalue weighted by molar-refractivity contribution is 0.294. The third-order valence-electron chi connectivity index (χ3n) is 3.05. The van der Waals surface area contributed by atoms with Gasteiger partial charge in [-0.25, -0.2) is 0 Å². The van der Waals surface area contributed by atoms with E-state index in [4.69, 9.17) is 4.74 Å². The van der Waals surface area contributed by atoms with Crippen molar-refractivity contribution in [3.05, 3.63) is 28.2 Å². The number of ether oxygens (including phenoxy) is 1. The van der Waals surface area contributed by atoms with Gasteiger partial charge in [-0.1, -0.05) is 22.0 Å². The zero-order valence-corrected chi connectivity index (χ0v) is 11.4. The van der Waals surface area contributed by atoms with Crippen LogP contribution in [0.3, 0.4) is 0 Å². The Morgan fingerprint density at radius 3 is 2.88 bits per heavy atom. The standard InChI is InChI=1S/C13H18BrNO/c1-9(15-2)12-6-5-11(14)7-13(12)16-8-10-3-4-10/h5-7,9-10,15H,3-4,8H2,1-2H3. The second-order valence-corrected chi connectivity index (χ2v) is 5.36. The highest BCUT2D eigenvalue weighted by Gasteiger charge is 2.22. The van der Waals surface area contributed by atoms with E-state index >= 15 is 0 Å². The van der Waals surface area contributed by atoms with Gasteiger partial charge in [-0.3, -0.25) is 0 Å². The Labute approximate surface area is 106 Å². The van der Waals surface area contributed by atoms with E-state index < -0.39 is 0 Å². The Kier molecular flexibility index (Phi) is 3.87. The van der Waals surface area contributed by atoms with Crippen molar-refractivity contribution in [2.24, 2.45) is 5.92 Å². The molecule has 0 amide bonds. The van der Waals surface area contributed by atoms with Crippen molar-refractivity contribution in [1.82, 2.24) is 5.32 Å². The predicted octanol–water partition coefficient (Wildman–Crippen LogP) is 3.52. The van der Waals surface area contributed by atoms with E-state index in [-0.39, 0.29) is 0 Å². The molecule has 1 aliphatic rings. The topological polar surface area (TPSA) is 21.3 Å². The number of halogens is 1. The molecule has 0 spiro atoms. The van der Waals surface area contributed by atoms with Gasteiger partial charge >= 0.3 is 0 Å². The molecule has 88 valence electrons. The Morgan fingerprint density at radius 1 is 1.50 bits per heavy atom. The number of hydrogen-bond donors (Lipinski definition) is 1. The molecule has 1 saturated carbocycles. The minimum atomic E-state index is 0.322. The Bertz CT molecular complexity index is 363. The molecule has 1 unspecified atom stereocenters. The van der Waals surface area contributed by atoms with E-state index in [2.05, 4.69) is 46.4 Å². The van der Waals surface area contributed by atoms with Crippen molar-refractivity contribution in [1.29, 1.82) is 0 Å². The monoisotopic (exact) mass is 283 g/mol. The van der Waals surface area contributed by atoms with Gasteiger partial charge < -0.3 is 10.1 Å². The molecule has 0 bridgehead atoms. The fourth-order valence-electron chi connectivity index (χ4n) is 1.64. The first-order chi connectivity index (χ1) is 7.70. The van der Waals surface area contributed by atoms with Crippen LogP contribution in [0.4, 0.5) is 0 Å². The summed E-state index contributed by atoms with van der Waals surface area (Å²) < 4.78 is 6.97. The highest BCUT2D eigenvalue weighted by atomic mass is 79.9. The third-order valence-corrected chi connectivity index (χ3v) is 3.54. The maximum Gasteiger partial charge on any atom is 0.125 e. The summed E-state index contributed by atoms with van der Waals surface area (Å²) in [5.74, 6) is 1.79. The Morgan fingerprint density at radius 2 is 2.25 bits per heavy atom. The van der Waals surface area contributed by atoms with Crippen LogP contribution < -0.4 is 10.1 Å². The minimum Gasteiger partial charge on any atom is -0.493 e. The normalized spacial score (nSPS) is 17.2. The van der Waals surface area contributed by atoms with Crippen LogP contribution in [-0.2, 0) is 0 Å². The molecular weight excluding hydrogens is 266 g/mol. The SMILES string of the molecule is CNC(C)c1ccc(Br)cc1OCC1CC1. The summed E-state index contributed by atoms with van der Waals surface area (Å²) in [5, 5.41) is 3.25. The summed E-state index contributed by atoms with van der Waals surface area (Å²) in [6, 6.07) is 6.56. The van der Waals surface area contributed by atoms with Gasteiger partial charge in [-0.2, -0.15) is 0 Å². The lowest BCUT2D eigenvalue weighted by Crippen LogP contribution is -2.14. The zero-order chi connectivity index (χ0) is 11.5. The predicted molar refractivity (Wildman–Crippen MR) is 69.8 cm³/mol. The molecule has 1 fully saturated rings. The molecular formula is C13H18BrNO. The molecule has 2 nitrogen and oxygen atoms in total. The quantitative estimate of drug-likeness (QED) is 0.893. The van der Waals surface area contributed by atoms with Crippen LogP contribution in [0.5, 0.6) is 5.75 Å². The highest BCUT2D eigenvalue weighted by molar-refractivity contribution is 9.10. The van der Waals surface area contributed by atoms with Crippen LogP contribution in [0.1, 0.15) is 31.4 Å². The van der Waals surface area contributed by atoms with E-state index in [1.807, 2.05) is 7.05 Å². The molecule has 1 aliphatic carbocycles. The van der Waals surface area contributed by atoms with Gasteiger partial charge in [0.25, 0.3) is 0 Å². The molecule has 0 aromatic heterocycles. The van der Waals surface area contributed by atoms with Crippen molar-refractivity contribution in [2.75, 3.05) is 13.7 Å². The fourth-order valence-corrected chi connectivity index (χ4v) is 1.98. The largest absolute Gasteiger partial charge is 0.493 e. The number of benzene rings is 1. The van der Waals surface area contributed by atoms with Crippen LogP contribution in [0.15, 0.2) is 22.7 Å². The summed E-state index contributed by atoms with van der Waals surface area (Å²) in [5.41, 5.74) is 1.23. The molecule has 0 saturated heterocycles. The molecule has 0 radical (unpaired) electrons. The molecule has 0 aliphatic heterocycles. The lowest BCUT2D eigenvalue weighted by atomic mass is 10.1. The molecule has 0 heterocycles. The molecule has 1 aromatic rings. The van der Waals surface area contributed by atoms with Gasteiger partial charge in [0.2, 0.25) is 0 Å². The van der Waals surface area contributed by atoms with E-state index in [1.54, 1.807) is 0 Å². The van der Waals surface area contributed by atoms with E-state index in [9.17, 15) is 0 Å². The third kappa shape index (κ3) is 2.98. The summed E-state index contributed by atoms with van der Waals surface area (Å²) in [4.78, 5) is 0. The second kappa shape index (κ2) is 5.19. The number of nitrogens with one attached hydrogen (secondary N) is 1. The zero-order valence-electron chi connectivity index (χ0n) is 9.79. The average molecular weight is 284 g/mol. The summed E-state index contributed by atoms with van der Waals surface area (Å²) >= 11 is 3.49. The van der Waals surface area contributed by atoms with E-state index in [0.717, 1.165) is 22.7 Å². The molecule has 3 heteroatoms. The van der Waals surface area contributed by atoms with Crippen molar-refractivity contribution in [3.8, 4) is 5.75 Å².